The van der Waals surface area contributed by atoms with E-state index in [2.05, 4.69) is 9.72 Å². The van der Waals surface area contributed by atoms with Crippen molar-refractivity contribution in [2.24, 2.45) is 0 Å². The molecular weight excluding hydrogens is 252 g/mol. The molecule has 0 bridgehead atoms. The Morgan fingerprint density at radius 3 is 2.79 bits per heavy atom. The zero-order valence-corrected chi connectivity index (χ0v) is 9.92. The number of pyridine rings is 1. The minimum atomic E-state index is -2.90. The van der Waals surface area contributed by atoms with Gasteiger partial charge in [0.1, 0.15) is 5.75 Å². The maximum absolute atomic E-state index is 12.1. The molecule has 98 valence electrons. The monoisotopic (exact) mass is 263 g/mol. The second-order valence-corrected chi connectivity index (χ2v) is 3.87. The summed E-state index contributed by atoms with van der Waals surface area (Å²) in [4.78, 5) is 15.9. The lowest BCUT2D eigenvalue weighted by molar-refractivity contribution is -0.0498. The van der Waals surface area contributed by atoms with Crippen molar-refractivity contribution in [1.82, 2.24) is 4.98 Å². The predicted octanol–water partition coefficient (Wildman–Crippen LogP) is 3.11. The summed E-state index contributed by atoms with van der Waals surface area (Å²) in [6.45, 7) is -2.90. The minimum Gasteiger partial charge on any atom is -0.435 e. The number of Topliss-reactive ketones (excluding diaryl/α,β-unsaturated/α-hetero) is 1. The van der Waals surface area contributed by atoms with Crippen LogP contribution in [0.5, 0.6) is 5.75 Å². The Kier molecular flexibility index (Phi) is 4.18. The van der Waals surface area contributed by atoms with E-state index in [1.54, 1.807) is 30.6 Å². The Morgan fingerprint density at radius 2 is 2.11 bits per heavy atom. The molecule has 1 heterocycles. The standard InChI is InChI=1S/C14H11F2NO2/c15-14(16)19-12-5-1-4-11(8-12)13(18)7-10-3-2-6-17-9-10/h1-6,8-9,14H,7H2. The molecule has 0 amide bonds. The average molecular weight is 263 g/mol. The van der Waals surface area contributed by atoms with Crippen LogP contribution >= 0.6 is 0 Å². The van der Waals surface area contributed by atoms with Gasteiger partial charge in [0.2, 0.25) is 0 Å². The van der Waals surface area contributed by atoms with Crippen LogP contribution in [-0.4, -0.2) is 17.4 Å². The molecule has 0 radical (unpaired) electrons. The fourth-order valence-electron chi connectivity index (χ4n) is 1.64. The third kappa shape index (κ3) is 3.84. The van der Waals surface area contributed by atoms with Crippen molar-refractivity contribution >= 4 is 5.78 Å². The molecule has 1 aromatic carbocycles. The van der Waals surface area contributed by atoms with Crippen LogP contribution in [0.1, 0.15) is 15.9 Å². The summed E-state index contributed by atoms with van der Waals surface area (Å²) in [7, 11) is 0. The number of ether oxygens (including phenoxy) is 1. The fraction of sp³-hybridized carbons (Fsp3) is 0.143. The van der Waals surface area contributed by atoms with Gasteiger partial charge in [0.15, 0.2) is 5.78 Å². The first kappa shape index (κ1) is 13.1. The third-order valence-electron chi connectivity index (χ3n) is 2.47. The molecular formula is C14H11F2NO2. The zero-order chi connectivity index (χ0) is 13.7. The molecule has 0 aliphatic heterocycles. The molecule has 0 N–H and O–H groups in total. The van der Waals surface area contributed by atoms with E-state index in [-0.39, 0.29) is 18.0 Å². The zero-order valence-electron chi connectivity index (χ0n) is 9.92. The van der Waals surface area contributed by atoms with E-state index in [1.165, 1.54) is 18.2 Å². The van der Waals surface area contributed by atoms with Gasteiger partial charge >= 0.3 is 6.61 Å². The van der Waals surface area contributed by atoms with Crippen molar-refractivity contribution in [2.45, 2.75) is 13.0 Å². The van der Waals surface area contributed by atoms with Crippen LogP contribution in [0.15, 0.2) is 48.8 Å². The highest BCUT2D eigenvalue weighted by Gasteiger charge is 2.10. The van der Waals surface area contributed by atoms with Gasteiger partial charge in [-0.3, -0.25) is 9.78 Å². The molecule has 5 heteroatoms. The van der Waals surface area contributed by atoms with Crippen LogP contribution in [-0.2, 0) is 6.42 Å². The van der Waals surface area contributed by atoms with E-state index in [0.717, 1.165) is 5.56 Å². The van der Waals surface area contributed by atoms with Gasteiger partial charge in [-0.1, -0.05) is 18.2 Å². The van der Waals surface area contributed by atoms with E-state index in [0.29, 0.717) is 5.56 Å². The molecule has 19 heavy (non-hydrogen) atoms. The molecule has 1 aromatic heterocycles. The number of carbonyl (C=O) groups excluding carboxylic acids is 1. The van der Waals surface area contributed by atoms with Gasteiger partial charge in [0.05, 0.1) is 0 Å². The van der Waals surface area contributed by atoms with Crippen LogP contribution in [0, 0.1) is 0 Å². The molecule has 0 unspecified atom stereocenters. The summed E-state index contributed by atoms with van der Waals surface area (Å²) in [6, 6.07) is 9.28. The van der Waals surface area contributed by atoms with Crippen LogP contribution in [0.4, 0.5) is 8.78 Å². The third-order valence-corrected chi connectivity index (χ3v) is 2.47. The maximum Gasteiger partial charge on any atom is 0.387 e. The normalized spacial score (nSPS) is 10.5. The lowest BCUT2D eigenvalue weighted by Gasteiger charge is -2.06. The second-order valence-electron chi connectivity index (χ2n) is 3.87. The number of rotatable bonds is 5. The summed E-state index contributed by atoms with van der Waals surface area (Å²) in [5.41, 5.74) is 1.11. The lowest BCUT2D eigenvalue weighted by atomic mass is 10.0. The Labute approximate surface area is 108 Å². The highest BCUT2D eigenvalue weighted by molar-refractivity contribution is 5.97. The number of aromatic nitrogens is 1. The number of alkyl halides is 2. The van der Waals surface area contributed by atoms with Crippen LogP contribution in [0.25, 0.3) is 0 Å². The van der Waals surface area contributed by atoms with Gasteiger partial charge in [-0.05, 0) is 23.8 Å². The van der Waals surface area contributed by atoms with Crippen LogP contribution in [0.3, 0.4) is 0 Å². The summed E-state index contributed by atoms with van der Waals surface area (Å²) in [5.74, 6) is -0.195. The molecule has 0 saturated carbocycles. The van der Waals surface area contributed by atoms with Crippen LogP contribution in [0.2, 0.25) is 0 Å². The Hall–Kier alpha value is -2.30. The van der Waals surface area contributed by atoms with Crippen molar-refractivity contribution in [3.05, 3.63) is 59.9 Å². The van der Waals surface area contributed by atoms with E-state index >= 15 is 0 Å². The van der Waals surface area contributed by atoms with E-state index in [1.807, 2.05) is 0 Å². The van der Waals surface area contributed by atoms with Gasteiger partial charge in [-0.15, -0.1) is 0 Å². The number of nitrogens with zero attached hydrogens (tertiary/aromatic N) is 1. The molecule has 0 atom stereocenters. The number of hydrogen-bond donors (Lipinski definition) is 0. The predicted molar refractivity (Wildman–Crippen MR) is 65.3 cm³/mol. The highest BCUT2D eigenvalue weighted by Crippen LogP contribution is 2.17. The molecule has 0 fully saturated rings. The van der Waals surface area contributed by atoms with Gasteiger partial charge in [0, 0.05) is 24.4 Å². The summed E-state index contributed by atoms with van der Waals surface area (Å²) in [5, 5.41) is 0. The average Bonchev–Trinajstić information content (AvgIpc) is 2.39. The molecule has 0 saturated heterocycles. The van der Waals surface area contributed by atoms with Crippen LogP contribution < -0.4 is 4.74 Å². The molecule has 2 rings (SSSR count). The van der Waals surface area contributed by atoms with Crippen molar-refractivity contribution in [3.63, 3.8) is 0 Å². The maximum atomic E-state index is 12.1. The SMILES string of the molecule is O=C(Cc1cccnc1)c1cccc(OC(F)F)c1. The largest absolute Gasteiger partial charge is 0.435 e. The van der Waals surface area contributed by atoms with E-state index in [9.17, 15) is 13.6 Å². The van der Waals surface area contributed by atoms with Crippen molar-refractivity contribution in [1.29, 1.82) is 0 Å². The first-order valence-electron chi connectivity index (χ1n) is 5.62. The lowest BCUT2D eigenvalue weighted by Crippen LogP contribution is -2.06. The van der Waals surface area contributed by atoms with Gasteiger partial charge in [-0.25, -0.2) is 0 Å². The first-order chi connectivity index (χ1) is 9.15. The minimum absolute atomic E-state index is 0.0213. The quantitative estimate of drug-likeness (QED) is 0.778. The number of ketones is 1. The van der Waals surface area contributed by atoms with Crippen molar-refractivity contribution < 1.29 is 18.3 Å². The number of carbonyl (C=O) groups is 1. The summed E-state index contributed by atoms with van der Waals surface area (Å²) in [6.07, 6.45) is 3.38. The molecule has 2 aromatic rings. The number of hydrogen-bond acceptors (Lipinski definition) is 3. The van der Waals surface area contributed by atoms with Gasteiger partial charge < -0.3 is 4.74 Å². The molecule has 3 nitrogen and oxygen atoms in total. The summed E-state index contributed by atoms with van der Waals surface area (Å²) >= 11 is 0. The molecule has 0 spiro atoms. The number of benzene rings is 1. The Balaban J connectivity index is 2.11. The first-order valence-corrected chi connectivity index (χ1v) is 5.62. The van der Waals surface area contributed by atoms with Gasteiger partial charge in [0.25, 0.3) is 0 Å². The smallest absolute Gasteiger partial charge is 0.387 e. The number of halogens is 2. The summed E-state index contributed by atoms with van der Waals surface area (Å²) < 4.78 is 28.4. The fourth-order valence-corrected chi connectivity index (χ4v) is 1.64. The molecule has 0 aliphatic rings. The van der Waals surface area contributed by atoms with Crippen molar-refractivity contribution in [3.8, 4) is 5.75 Å². The highest BCUT2D eigenvalue weighted by atomic mass is 19.3. The second kappa shape index (κ2) is 6.04. The Morgan fingerprint density at radius 1 is 1.26 bits per heavy atom. The Bertz CT molecular complexity index is 558. The van der Waals surface area contributed by atoms with Gasteiger partial charge in [-0.2, -0.15) is 8.78 Å². The van der Waals surface area contributed by atoms with E-state index < -0.39 is 6.61 Å². The van der Waals surface area contributed by atoms with E-state index in [4.69, 9.17) is 0 Å². The topological polar surface area (TPSA) is 39.2 Å². The van der Waals surface area contributed by atoms with Crippen molar-refractivity contribution in [2.75, 3.05) is 0 Å². The molecule has 0 aliphatic carbocycles.